The van der Waals surface area contributed by atoms with Crippen molar-refractivity contribution in [2.75, 3.05) is 11.1 Å². The van der Waals surface area contributed by atoms with E-state index in [1.165, 1.54) is 0 Å². The number of anilines is 2. The molecule has 0 bridgehead atoms. The fourth-order valence-electron chi connectivity index (χ4n) is 0.990. The molecule has 14 heavy (non-hydrogen) atoms. The maximum absolute atomic E-state index is 11.4. The van der Waals surface area contributed by atoms with Crippen LogP contribution in [-0.4, -0.2) is 10.9 Å². The second kappa shape index (κ2) is 4.09. The van der Waals surface area contributed by atoms with Gasteiger partial charge in [-0.25, -0.2) is 4.98 Å². The number of nitrogens with two attached hydrogens (primary N) is 1. The highest BCUT2D eigenvalue weighted by Crippen LogP contribution is 2.14. The van der Waals surface area contributed by atoms with E-state index in [1.807, 2.05) is 20.8 Å². The standard InChI is InChI=1S/C10H15N3O/c1-6(2)10(14)13-8-4-5-9(11)12-7(8)3/h4-6H,1-3H3,(H2,11,12)(H,13,14). The maximum Gasteiger partial charge on any atom is 0.226 e. The van der Waals surface area contributed by atoms with E-state index < -0.39 is 0 Å². The third-order valence-electron chi connectivity index (χ3n) is 1.89. The predicted molar refractivity (Wildman–Crippen MR) is 56.9 cm³/mol. The molecule has 0 atom stereocenters. The van der Waals surface area contributed by atoms with Crippen molar-refractivity contribution in [3.05, 3.63) is 17.8 Å². The lowest BCUT2D eigenvalue weighted by molar-refractivity contribution is -0.118. The van der Waals surface area contributed by atoms with Gasteiger partial charge in [0.15, 0.2) is 0 Å². The van der Waals surface area contributed by atoms with Gasteiger partial charge in [-0.2, -0.15) is 0 Å². The van der Waals surface area contributed by atoms with Crippen LogP contribution in [0.25, 0.3) is 0 Å². The summed E-state index contributed by atoms with van der Waals surface area (Å²) in [6.07, 6.45) is 0. The SMILES string of the molecule is Cc1nc(N)ccc1NC(=O)C(C)C. The van der Waals surface area contributed by atoms with Crippen molar-refractivity contribution in [2.24, 2.45) is 5.92 Å². The highest BCUT2D eigenvalue weighted by molar-refractivity contribution is 5.92. The molecule has 0 saturated heterocycles. The molecule has 1 aromatic rings. The Labute approximate surface area is 83.5 Å². The van der Waals surface area contributed by atoms with Crippen molar-refractivity contribution >= 4 is 17.4 Å². The number of aryl methyl sites for hydroxylation is 1. The quantitative estimate of drug-likeness (QED) is 0.749. The van der Waals surface area contributed by atoms with Crippen molar-refractivity contribution in [1.82, 2.24) is 4.98 Å². The Kier molecular flexibility index (Phi) is 3.06. The van der Waals surface area contributed by atoms with E-state index in [0.29, 0.717) is 5.82 Å². The number of hydrogen-bond donors (Lipinski definition) is 2. The fourth-order valence-corrected chi connectivity index (χ4v) is 0.990. The fraction of sp³-hybridized carbons (Fsp3) is 0.400. The van der Waals surface area contributed by atoms with Gasteiger partial charge < -0.3 is 11.1 Å². The van der Waals surface area contributed by atoms with E-state index >= 15 is 0 Å². The van der Waals surface area contributed by atoms with Crippen LogP contribution in [0.1, 0.15) is 19.5 Å². The first-order chi connectivity index (χ1) is 6.50. The van der Waals surface area contributed by atoms with Gasteiger partial charge in [0.05, 0.1) is 11.4 Å². The molecule has 1 rings (SSSR count). The molecule has 0 aliphatic rings. The zero-order chi connectivity index (χ0) is 10.7. The predicted octanol–water partition coefficient (Wildman–Crippen LogP) is 1.57. The average molecular weight is 193 g/mol. The van der Waals surface area contributed by atoms with Crippen molar-refractivity contribution in [3.63, 3.8) is 0 Å². The van der Waals surface area contributed by atoms with E-state index in [1.54, 1.807) is 12.1 Å². The monoisotopic (exact) mass is 193 g/mol. The van der Waals surface area contributed by atoms with Crippen LogP contribution in [0.5, 0.6) is 0 Å². The second-order valence-electron chi connectivity index (χ2n) is 3.51. The molecular formula is C10H15N3O. The van der Waals surface area contributed by atoms with Crippen LogP contribution < -0.4 is 11.1 Å². The normalized spacial score (nSPS) is 10.3. The minimum Gasteiger partial charge on any atom is -0.384 e. The molecule has 0 fully saturated rings. The topological polar surface area (TPSA) is 68.0 Å². The average Bonchev–Trinajstić information content (AvgIpc) is 2.09. The number of nitrogens with one attached hydrogen (secondary N) is 1. The van der Waals surface area contributed by atoms with Crippen LogP contribution in [0.3, 0.4) is 0 Å². The first kappa shape index (κ1) is 10.5. The first-order valence-corrected chi connectivity index (χ1v) is 4.54. The highest BCUT2D eigenvalue weighted by atomic mass is 16.1. The van der Waals surface area contributed by atoms with Crippen LogP contribution in [-0.2, 0) is 4.79 Å². The van der Waals surface area contributed by atoms with Gasteiger partial charge in [-0.15, -0.1) is 0 Å². The second-order valence-corrected chi connectivity index (χ2v) is 3.51. The summed E-state index contributed by atoms with van der Waals surface area (Å²) in [5, 5.41) is 2.78. The molecule has 0 aromatic carbocycles. The zero-order valence-electron chi connectivity index (χ0n) is 8.66. The number of pyridine rings is 1. The molecule has 0 unspecified atom stereocenters. The Morgan fingerprint density at radius 3 is 2.64 bits per heavy atom. The molecule has 0 radical (unpaired) electrons. The molecule has 4 heteroatoms. The number of nitrogens with zero attached hydrogens (tertiary/aromatic N) is 1. The van der Waals surface area contributed by atoms with Crippen LogP contribution in [0.15, 0.2) is 12.1 Å². The molecule has 0 aliphatic heterocycles. The Hall–Kier alpha value is -1.58. The van der Waals surface area contributed by atoms with Crippen molar-refractivity contribution in [3.8, 4) is 0 Å². The molecule has 1 aromatic heterocycles. The molecular weight excluding hydrogens is 178 g/mol. The van der Waals surface area contributed by atoms with E-state index in [-0.39, 0.29) is 11.8 Å². The van der Waals surface area contributed by atoms with E-state index in [0.717, 1.165) is 11.4 Å². The molecule has 3 N–H and O–H groups in total. The van der Waals surface area contributed by atoms with Gasteiger partial charge >= 0.3 is 0 Å². The third kappa shape index (κ3) is 2.45. The van der Waals surface area contributed by atoms with E-state index in [2.05, 4.69) is 10.3 Å². The summed E-state index contributed by atoms with van der Waals surface area (Å²) in [5.41, 5.74) is 6.95. The minimum atomic E-state index is -0.0352. The van der Waals surface area contributed by atoms with Gasteiger partial charge in [0.2, 0.25) is 5.91 Å². The number of carbonyl (C=O) groups is 1. The summed E-state index contributed by atoms with van der Waals surface area (Å²) in [6.45, 7) is 5.50. The van der Waals surface area contributed by atoms with Crippen LogP contribution >= 0.6 is 0 Å². The van der Waals surface area contributed by atoms with Gasteiger partial charge in [0.1, 0.15) is 5.82 Å². The summed E-state index contributed by atoms with van der Waals surface area (Å²) in [5.74, 6) is 0.414. The summed E-state index contributed by atoms with van der Waals surface area (Å²) < 4.78 is 0. The van der Waals surface area contributed by atoms with Gasteiger partial charge in [0, 0.05) is 5.92 Å². The Balaban J connectivity index is 2.82. The van der Waals surface area contributed by atoms with Crippen LogP contribution in [0, 0.1) is 12.8 Å². The number of carbonyl (C=O) groups excluding carboxylic acids is 1. The number of hydrogen-bond acceptors (Lipinski definition) is 3. The Bertz CT molecular complexity index is 347. The Morgan fingerprint density at radius 2 is 2.14 bits per heavy atom. The lowest BCUT2D eigenvalue weighted by Gasteiger charge is -2.09. The van der Waals surface area contributed by atoms with Gasteiger partial charge in [-0.3, -0.25) is 4.79 Å². The molecule has 76 valence electrons. The van der Waals surface area contributed by atoms with Crippen LogP contribution in [0.4, 0.5) is 11.5 Å². The number of nitrogen functional groups attached to an aromatic ring is 1. The van der Waals surface area contributed by atoms with Gasteiger partial charge in [-0.1, -0.05) is 13.8 Å². The van der Waals surface area contributed by atoms with Gasteiger partial charge in [-0.05, 0) is 19.1 Å². The van der Waals surface area contributed by atoms with E-state index in [9.17, 15) is 4.79 Å². The molecule has 0 spiro atoms. The summed E-state index contributed by atoms with van der Waals surface area (Å²) >= 11 is 0. The number of rotatable bonds is 2. The highest BCUT2D eigenvalue weighted by Gasteiger charge is 2.08. The zero-order valence-corrected chi connectivity index (χ0v) is 8.66. The molecule has 1 heterocycles. The summed E-state index contributed by atoms with van der Waals surface area (Å²) in [4.78, 5) is 15.4. The lowest BCUT2D eigenvalue weighted by atomic mass is 10.2. The van der Waals surface area contributed by atoms with Crippen molar-refractivity contribution in [1.29, 1.82) is 0 Å². The Morgan fingerprint density at radius 1 is 1.50 bits per heavy atom. The third-order valence-corrected chi connectivity index (χ3v) is 1.89. The van der Waals surface area contributed by atoms with Crippen LogP contribution in [0.2, 0.25) is 0 Å². The largest absolute Gasteiger partial charge is 0.384 e. The first-order valence-electron chi connectivity index (χ1n) is 4.54. The smallest absolute Gasteiger partial charge is 0.226 e. The summed E-state index contributed by atoms with van der Waals surface area (Å²) in [6, 6.07) is 3.43. The van der Waals surface area contributed by atoms with E-state index in [4.69, 9.17) is 5.73 Å². The molecule has 0 aliphatic carbocycles. The number of amides is 1. The van der Waals surface area contributed by atoms with Crippen molar-refractivity contribution in [2.45, 2.75) is 20.8 Å². The van der Waals surface area contributed by atoms with Gasteiger partial charge in [0.25, 0.3) is 0 Å². The molecule has 1 amide bonds. The molecule has 4 nitrogen and oxygen atoms in total. The number of aromatic nitrogens is 1. The lowest BCUT2D eigenvalue weighted by Crippen LogP contribution is -2.18. The van der Waals surface area contributed by atoms with Crippen molar-refractivity contribution < 1.29 is 4.79 Å². The maximum atomic E-state index is 11.4. The molecule has 0 saturated carbocycles. The summed E-state index contributed by atoms with van der Waals surface area (Å²) in [7, 11) is 0. The minimum absolute atomic E-state index is 0.0142.